The van der Waals surface area contributed by atoms with E-state index in [-0.39, 0.29) is 5.69 Å². The van der Waals surface area contributed by atoms with E-state index in [0.717, 1.165) is 24.1 Å². The van der Waals surface area contributed by atoms with Crippen LogP contribution in [0.2, 0.25) is 0 Å². The smallest absolute Gasteiger partial charge is 0.274 e. The summed E-state index contributed by atoms with van der Waals surface area (Å²) in [6, 6.07) is 3.57. The van der Waals surface area contributed by atoms with Crippen molar-refractivity contribution in [3.8, 4) is 0 Å². The molecule has 19 heavy (non-hydrogen) atoms. The van der Waals surface area contributed by atoms with Gasteiger partial charge >= 0.3 is 0 Å². The Morgan fingerprint density at radius 3 is 3.00 bits per heavy atom. The Kier molecular flexibility index (Phi) is 5.47. The van der Waals surface area contributed by atoms with Crippen molar-refractivity contribution in [3.63, 3.8) is 0 Å². The Morgan fingerprint density at radius 2 is 2.32 bits per heavy atom. The van der Waals surface area contributed by atoms with Crippen LogP contribution in [0, 0.1) is 15.9 Å². The Balaban J connectivity index is 1.91. The van der Waals surface area contributed by atoms with E-state index >= 15 is 0 Å². The molecule has 2 rings (SSSR count). The fourth-order valence-electron chi connectivity index (χ4n) is 1.90. The number of halogens is 1. The monoisotopic (exact) mass is 302 g/mol. The van der Waals surface area contributed by atoms with Crippen LogP contribution in [0.5, 0.6) is 0 Å². The van der Waals surface area contributed by atoms with Crippen molar-refractivity contribution in [3.05, 3.63) is 39.7 Å². The molecule has 1 aromatic carbocycles. The van der Waals surface area contributed by atoms with Crippen LogP contribution in [0.15, 0.2) is 18.2 Å². The lowest BCUT2D eigenvalue weighted by atomic mass is 10.1. The van der Waals surface area contributed by atoms with Crippen LogP contribution < -0.4 is 5.32 Å². The second kappa shape index (κ2) is 7.12. The van der Waals surface area contributed by atoms with Gasteiger partial charge in [-0.3, -0.25) is 10.1 Å². The molecule has 1 aliphatic heterocycles. The molecule has 1 aromatic rings. The minimum atomic E-state index is -0.471. The summed E-state index contributed by atoms with van der Waals surface area (Å²) in [6.45, 7) is 1.13. The van der Waals surface area contributed by atoms with Crippen LogP contribution >= 0.6 is 23.5 Å². The lowest BCUT2D eigenvalue weighted by Crippen LogP contribution is -2.28. The molecule has 0 amide bonds. The molecule has 0 radical (unpaired) electrons. The van der Waals surface area contributed by atoms with Gasteiger partial charge in [-0.15, -0.1) is 0 Å². The third-order valence-corrected chi connectivity index (χ3v) is 5.66. The zero-order valence-corrected chi connectivity index (χ0v) is 11.9. The quantitative estimate of drug-likeness (QED) is 0.669. The predicted molar refractivity (Wildman–Crippen MR) is 78.3 cm³/mol. The Hall–Kier alpha value is -0.790. The fraction of sp³-hybridized carbons (Fsp3) is 0.500. The van der Waals surface area contributed by atoms with Gasteiger partial charge in [-0.05, 0) is 12.1 Å². The van der Waals surface area contributed by atoms with Gasteiger partial charge in [0.25, 0.3) is 5.69 Å². The first kappa shape index (κ1) is 14.6. The van der Waals surface area contributed by atoms with Gasteiger partial charge < -0.3 is 5.32 Å². The van der Waals surface area contributed by atoms with E-state index < -0.39 is 10.7 Å². The zero-order chi connectivity index (χ0) is 13.7. The zero-order valence-electron chi connectivity index (χ0n) is 10.3. The second-order valence-electron chi connectivity index (χ2n) is 4.23. The highest BCUT2D eigenvalue weighted by molar-refractivity contribution is 8.06. The molecule has 1 unspecified atom stereocenters. The standard InChI is InChI=1S/C12H15FN2O2S2/c13-10-1-2-12(15(16)17)9(5-10)6-14-7-11-8-18-3-4-19-11/h1-2,5,11,14H,3-4,6-8H2. The molecule has 1 aliphatic rings. The SMILES string of the molecule is O=[N+]([O-])c1ccc(F)cc1CNCC1CSCCS1. The van der Waals surface area contributed by atoms with Crippen LogP contribution in [-0.2, 0) is 6.54 Å². The van der Waals surface area contributed by atoms with Crippen molar-refractivity contribution in [1.29, 1.82) is 0 Å². The first-order chi connectivity index (χ1) is 9.16. The average molecular weight is 302 g/mol. The van der Waals surface area contributed by atoms with E-state index in [2.05, 4.69) is 5.32 Å². The van der Waals surface area contributed by atoms with E-state index in [9.17, 15) is 14.5 Å². The van der Waals surface area contributed by atoms with Gasteiger partial charge in [-0.2, -0.15) is 23.5 Å². The molecule has 7 heteroatoms. The molecule has 0 bridgehead atoms. The third kappa shape index (κ3) is 4.36. The predicted octanol–water partition coefficient (Wildman–Crippen LogP) is 2.67. The van der Waals surface area contributed by atoms with E-state index in [4.69, 9.17) is 0 Å². The molecular weight excluding hydrogens is 287 g/mol. The number of hydrogen-bond donors (Lipinski definition) is 1. The van der Waals surface area contributed by atoms with E-state index in [0.29, 0.717) is 17.4 Å². The van der Waals surface area contributed by atoms with E-state index in [1.165, 1.54) is 17.9 Å². The topological polar surface area (TPSA) is 55.2 Å². The van der Waals surface area contributed by atoms with Crippen molar-refractivity contribution in [2.45, 2.75) is 11.8 Å². The van der Waals surface area contributed by atoms with Gasteiger partial charge in [-0.25, -0.2) is 4.39 Å². The maximum Gasteiger partial charge on any atom is 0.274 e. The summed E-state index contributed by atoms with van der Waals surface area (Å²) in [5.41, 5.74) is 0.373. The summed E-state index contributed by atoms with van der Waals surface area (Å²) >= 11 is 3.85. The molecule has 0 aliphatic carbocycles. The second-order valence-corrected chi connectivity index (χ2v) is 6.79. The number of thioether (sulfide) groups is 2. The van der Waals surface area contributed by atoms with Gasteiger partial charge in [0.1, 0.15) is 5.82 Å². The number of benzene rings is 1. The van der Waals surface area contributed by atoms with Gasteiger partial charge in [0, 0.05) is 47.2 Å². The van der Waals surface area contributed by atoms with Gasteiger partial charge in [0.05, 0.1) is 4.92 Å². The molecule has 4 nitrogen and oxygen atoms in total. The maximum absolute atomic E-state index is 13.1. The minimum absolute atomic E-state index is 0.0282. The summed E-state index contributed by atoms with van der Waals surface area (Å²) in [5, 5.41) is 14.6. The summed E-state index contributed by atoms with van der Waals surface area (Å²) in [4.78, 5) is 10.4. The van der Waals surface area contributed by atoms with Crippen molar-refractivity contribution in [2.24, 2.45) is 0 Å². The van der Waals surface area contributed by atoms with Crippen LogP contribution in [0.4, 0.5) is 10.1 Å². The Labute approximate surface area is 119 Å². The number of nitrogens with one attached hydrogen (secondary N) is 1. The van der Waals surface area contributed by atoms with Crippen LogP contribution in [0.1, 0.15) is 5.56 Å². The molecule has 1 fully saturated rings. The molecule has 1 atom stereocenters. The Morgan fingerprint density at radius 1 is 1.47 bits per heavy atom. The highest BCUT2D eigenvalue weighted by Crippen LogP contribution is 2.24. The number of nitro benzene ring substituents is 1. The first-order valence-electron chi connectivity index (χ1n) is 5.99. The van der Waals surface area contributed by atoms with Crippen molar-refractivity contribution in [1.82, 2.24) is 5.32 Å². The lowest BCUT2D eigenvalue weighted by Gasteiger charge is -2.21. The van der Waals surface area contributed by atoms with Crippen molar-refractivity contribution >= 4 is 29.2 Å². The Bertz CT molecular complexity index is 453. The minimum Gasteiger partial charge on any atom is -0.311 e. The molecule has 0 spiro atoms. The highest BCUT2D eigenvalue weighted by Gasteiger charge is 2.16. The van der Waals surface area contributed by atoms with Crippen LogP contribution in [0.3, 0.4) is 0 Å². The number of nitrogens with zero attached hydrogens (tertiary/aromatic N) is 1. The van der Waals surface area contributed by atoms with Gasteiger partial charge in [-0.1, -0.05) is 0 Å². The average Bonchev–Trinajstić information content (AvgIpc) is 2.39. The van der Waals surface area contributed by atoms with Gasteiger partial charge in [0.2, 0.25) is 0 Å². The maximum atomic E-state index is 13.1. The fourth-order valence-corrected chi connectivity index (χ4v) is 4.54. The molecule has 1 N–H and O–H groups in total. The van der Waals surface area contributed by atoms with Crippen molar-refractivity contribution in [2.75, 3.05) is 23.8 Å². The first-order valence-corrected chi connectivity index (χ1v) is 8.20. The summed E-state index contributed by atoms with van der Waals surface area (Å²) < 4.78 is 13.1. The molecule has 1 saturated heterocycles. The summed E-state index contributed by atoms with van der Waals surface area (Å²) in [7, 11) is 0. The molecule has 0 aromatic heterocycles. The molecule has 1 heterocycles. The molecule has 104 valence electrons. The number of nitro groups is 1. The summed E-state index contributed by atoms with van der Waals surface area (Å²) in [6.07, 6.45) is 0. The molecule has 0 saturated carbocycles. The highest BCUT2D eigenvalue weighted by atomic mass is 32.2. The van der Waals surface area contributed by atoms with E-state index in [1.54, 1.807) is 0 Å². The number of hydrogen-bond acceptors (Lipinski definition) is 5. The largest absolute Gasteiger partial charge is 0.311 e. The molecular formula is C12H15FN2O2S2. The van der Waals surface area contributed by atoms with Gasteiger partial charge in [0.15, 0.2) is 0 Å². The third-order valence-electron chi connectivity index (χ3n) is 2.81. The lowest BCUT2D eigenvalue weighted by molar-refractivity contribution is -0.385. The van der Waals surface area contributed by atoms with Crippen LogP contribution in [0.25, 0.3) is 0 Å². The normalized spacial score (nSPS) is 19.3. The van der Waals surface area contributed by atoms with E-state index in [1.807, 2.05) is 23.5 Å². The van der Waals surface area contributed by atoms with Crippen LogP contribution in [-0.4, -0.2) is 34.0 Å². The number of rotatable bonds is 5. The summed E-state index contributed by atoms with van der Waals surface area (Å²) in [5.74, 6) is 3.00. The van der Waals surface area contributed by atoms with Crippen molar-refractivity contribution < 1.29 is 9.31 Å².